The van der Waals surface area contributed by atoms with E-state index in [4.69, 9.17) is 32.7 Å². The average Bonchev–Trinajstić information content (AvgIpc) is 2.67. The maximum atomic E-state index is 12.9. The van der Waals surface area contributed by atoms with Gasteiger partial charge in [-0.1, -0.05) is 47.4 Å². The van der Waals surface area contributed by atoms with Crippen molar-refractivity contribution in [2.75, 3.05) is 6.61 Å². The van der Waals surface area contributed by atoms with E-state index in [-0.39, 0.29) is 23.7 Å². The van der Waals surface area contributed by atoms with E-state index >= 15 is 0 Å². The van der Waals surface area contributed by atoms with Gasteiger partial charge >= 0.3 is 12.4 Å². The summed E-state index contributed by atoms with van der Waals surface area (Å²) in [6.07, 6.45) is -6.01. The Balaban J connectivity index is 2.48. The van der Waals surface area contributed by atoms with Crippen LogP contribution in [0.1, 0.15) is 24.5 Å². The van der Waals surface area contributed by atoms with Gasteiger partial charge in [0, 0.05) is 0 Å². The molecule has 0 saturated heterocycles. The highest BCUT2D eigenvalue weighted by Crippen LogP contribution is 2.42. The van der Waals surface area contributed by atoms with Crippen LogP contribution in [0.3, 0.4) is 0 Å². The molecule has 2 aromatic rings. The van der Waals surface area contributed by atoms with Gasteiger partial charge in [0.1, 0.15) is 5.75 Å². The highest BCUT2D eigenvalue weighted by molar-refractivity contribution is 6.37. The van der Waals surface area contributed by atoms with Crippen LogP contribution in [0.25, 0.3) is 0 Å². The summed E-state index contributed by atoms with van der Waals surface area (Å²) < 4.78 is 49.4. The van der Waals surface area contributed by atoms with Crippen molar-refractivity contribution in [1.29, 1.82) is 0 Å². The second-order valence-corrected chi connectivity index (χ2v) is 6.67. The molecule has 0 saturated carbocycles. The molecule has 12 heteroatoms. The minimum Gasteiger partial charge on any atom is -0.454 e. The summed E-state index contributed by atoms with van der Waals surface area (Å²) in [5.74, 6) is -0.399. The van der Waals surface area contributed by atoms with Crippen LogP contribution < -0.4 is 4.74 Å². The van der Waals surface area contributed by atoms with Crippen molar-refractivity contribution in [3.8, 4) is 11.5 Å². The molecule has 0 aromatic heterocycles. The molecule has 30 heavy (non-hydrogen) atoms. The van der Waals surface area contributed by atoms with Gasteiger partial charge in [-0.15, -0.1) is 0 Å². The number of hydrogen-bond acceptors (Lipinski definition) is 6. The molecule has 0 spiro atoms. The number of nitrogens with zero attached hydrogens (tertiary/aromatic N) is 2. The molecule has 0 fully saturated rings. The molecule has 7 nitrogen and oxygen atoms in total. The first-order chi connectivity index (χ1) is 14.1. The highest BCUT2D eigenvalue weighted by Gasteiger charge is 2.34. The largest absolute Gasteiger partial charge is 0.454 e. The van der Waals surface area contributed by atoms with Gasteiger partial charge < -0.3 is 14.7 Å². The highest BCUT2D eigenvalue weighted by atomic mass is 35.5. The molecule has 0 heterocycles. The Hall–Kier alpha value is -2.56. The number of halogens is 5. The van der Waals surface area contributed by atoms with E-state index in [1.807, 2.05) is 0 Å². The van der Waals surface area contributed by atoms with E-state index in [0.29, 0.717) is 18.6 Å². The lowest BCUT2D eigenvalue weighted by molar-refractivity contribution is -0.553. The molecular formula is C18H15Cl2F3N2O5. The van der Waals surface area contributed by atoms with Crippen molar-refractivity contribution >= 4 is 28.9 Å². The fraction of sp³-hybridized carbons (Fsp3) is 0.278. The topological polar surface area (TPSA) is 94.2 Å². The Kier molecular flexibility index (Phi) is 7.88. The molecule has 0 radical (unpaired) electrons. The first-order valence-corrected chi connectivity index (χ1v) is 9.16. The number of hydrogen-bond donors (Lipinski definition) is 1. The van der Waals surface area contributed by atoms with Crippen molar-refractivity contribution in [1.82, 2.24) is 0 Å². The third-order valence-electron chi connectivity index (χ3n) is 3.71. The van der Waals surface area contributed by atoms with Crippen molar-refractivity contribution < 1.29 is 32.8 Å². The summed E-state index contributed by atoms with van der Waals surface area (Å²) in [4.78, 5) is 10.6. The van der Waals surface area contributed by atoms with Gasteiger partial charge in [0.25, 0.3) is 0 Å². The zero-order valence-corrected chi connectivity index (χ0v) is 16.8. The van der Waals surface area contributed by atoms with Crippen LogP contribution in [0.5, 0.6) is 11.5 Å². The van der Waals surface area contributed by atoms with E-state index in [9.17, 15) is 28.5 Å². The lowest BCUT2D eigenvalue weighted by Gasteiger charge is -2.17. The number of para-hydroxylation sites is 1. The summed E-state index contributed by atoms with van der Waals surface area (Å²) >= 11 is 11.8. The molecule has 162 valence electrons. The first-order valence-electron chi connectivity index (χ1n) is 8.40. The van der Waals surface area contributed by atoms with Crippen LogP contribution in [-0.2, 0) is 10.9 Å². The van der Waals surface area contributed by atoms with E-state index in [1.54, 1.807) is 6.92 Å². The number of ether oxygens (including phenoxy) is 2. The third kappa shape index (κ3) is 5.53. The van der Waals surface area contributed by atoms with Crippen molar-refractivity contribution in [2.45, 2.75) is 25.7 Å². The quantitative estimate of drug-likeness (QED) is 0.169. The van der Waals surface area contributed by atoms with Crippen LogP contribution in [0, 0.1) is 10.1 Å². The molecule has 1 N–H and O–H groups in total. The lowest BCUT2D eigenvalue weighted by atomic mass is 10.1. The molecule has 1 unspecified atom stereocenters. The van der Waals surface area contributed by atoms with E-state index in [0.717, 1.165) is 0 Å². The molecule has 0 amide bonds. The van der Waals surface area contributed by atoms with Gasteiger partial charge in [-0.2, -0.15) is 13.2 Å². The zero-order chi connectivity index (χ0) is 22.5. The van der Waals surface area contributed by atoms with Gasteiger partial charge in [-0.3, -0.25) is 10.1 Å². The number of benzene rings is 2. The zero-order valence-electron chi connectivity index (χ0n) is 15.3. The van der Waals surface area contributed by atoms with Crippen LogP contribution in [0.4, 0.5) is 13.2 Å². The van der Waals surface area contributed by atoms with E-state index in [1.165, 1.54) is 24.3 Å². The maximum Gasteiger partial charge on any atom is 0.416 e. The standard InChI is InChI=1S/C18H15Cl2F3N2O5/c1-2-7-29-17(25(27)28)15(24-26)11-5-3-4-6-14(11)30-16-12(19)8-10(9-13(16)20)18(21,22)23/h3-6,8-9,17,26H,2,7H2,1H3/b24-15-. The smallest absolute Gasteiger partial charge is 0.416 e. The van der Waals surface area contributed by atoms with E-state index < -0.39 is 38.6 Å². The van der Waals surface area contributed by atoms with Gasteiger partial charge in [-0.05, 0) is 30.7 Å². The minimum atomic E-state index is -4.67. The Labute approximate surface area is 178 Å². The molecular weight excluding hydrogens is 452 g/mol. The Morgan fingerprint density at radius 2 is 1.87 bits per heavy atom. The predicted octanol–water partition coefficient (Wildman–Crippen LogP) is 6.01. The maximum absolute atomic E-state index is 12.9. The first kappa shape index (κ1) is 23.7. The van der Waals surface area contributed by atoms with E-state index in [2.05, 4.69) is 5.16 Å². The fourth-order valence-electron chi connectivity index (χ4n) is 2.40. The molecule has 2 rings (SSSR count). The van der Waals surface area contributed by atoms with Gasteiger partial charge in [0.15, 0.2) is 11.5 Å². The fourth-order valence-corrected chi connectivity index (χ4v) is 2.97. The Morgan fingerprint density at radius 1 is 1.27 bits per heavy atom. The Morgan fingerprint density at radius 3 is 2.37 bits per heavy atom. The summed E-state index contributed by atoms with van der Waals surface area (Å²) in [5, 5.41) is 22.9. The van der Waals surface area contributed by atoms with Crippen LogP contribution >= 0.6 is 23.2 Å². The second-order valence-electron chi connectivity index (χ2n) is 5.86. The normalized spacial score (nSPS) is 13.2. The Bertz CT molecular complexity index is 931. The monoisotopic (exact) mass is 466 g/mol. The summed E-state index contributed by atoms with van der Waals surface area (Å²) in [5.41, 5.74) is -1.58. The number of alkyl halides is 3. The minimum absolute atomic E-state index is 0.0181. The van der Waals surface area contributed by atoms with Crippen LogP contribution in [0.2, 0.25) is 10.0 Å². The molecule has 0 bridgehead atoms. The third-order valence-corrected chi connectivity index (χ3v) is 4.28. The number of nitro groups is 1. The van der Waals surface area contributed by atoms with Gasteiger partial charge in [0.2, 0.25) is 0 Å². The van der Waals surface area contributed by atoms with Crippen molar-refractivity contribution in [2.24, 2.45) is 5.16 Å². The van der Waals surface area contributed by atoms with Crippen LogP contribution in [0.15, 0.2) is 41.6 Å². The second kappa shape index (κ2) is 9.96. The summed E-state index contributed by atoms with van der Waals surface area (Å²) in [7, 11) is 0. The SMILES string of the molecule is CCCOC(/C(=N\O)c1ccccc1Oc1c(Cl)cc(C(F)(F)F)cc1Cl)[N+](=O)[O-]. The van der Waals surface area contributed by atoms with Gasteiger partial charge in [-0.25, -0.2) is 0 Å². The molecule has 0 aliphatic carbocycles. The number of oxime groups is 1. The number of rotatable bonds is 8. The molecule has 0 aliphatic heterocycles. The van der Waals surface area contributed by atoms with Crippen molar-refractivity contribution in [3.05, 3.63) is 67.7 Å². The van der Waals surface area contributed by atoms with Crippen molar-refractivity contribution in [3.63, 3.8) is 0 Å². The van der Waals surface area contributed by atoms with Gasteiger partial charge in [0.05, 0.1) is 32.7 Å². The summed E-state index contributed by atoms with van der Waals surface area (Å²) in [6, 6.07) is 6.95. The van der Waals surface area contributed by atoms with Crippen LogP contribution in [-0.4, -0.2) is 28.7 Å². The summed E-state index contributed by atoms with van der Waals surface area (Å²) in [6.45, 7) is 1.75. The molecule has 2 aromatic carbocycles. The lowest BCUT2D eigenvalue weighted by Crippen LogP contribution is -2.33. The average molecular weight is 467 g/mol. The predicted molar refractivity (Wildman–Crippen MR) is 103 cm³/mol. The molecule has 1 atom stereocenters. The molecule has 0 aliphatic rings.